The van der Waals surface area contributed by atoms with Crippen molar-refractivity contribution in [3.05, 3.63) is 16.5 Å². The third-order valence-electron chi connectivity index (χ3n) is 3.73. The molecule has 0 aliphatic carbocycles. The molecule has 4 atom stereocenters. The maximum atomic E-state index is 11.8. The standard InChI is InChI=1S/C12H14BrN5O5/c13-8-4(10(15)22)5-9(14)16-2-17-11(5)18(8)12-7(21)6(20)3(19)1-23-12/h2-3,6-7,12,19-21H,1H2,(H2,15,22)(H2,14,16,17)/t3-,6+,7-,12-/m0/s1. The van der Waals surface area contributed by atoms with Gasteiger partial charge in [-0.15, -0.1) is 0 Å². The third kappa shape index (κ3) is 2.37. The minimum atomic E-state index is -1.46. The van der Waals surface area contributed by atoms with Crippen LogP contribution in [0.5, 0.6) is 0 Å². The summed E-state index contributed by atoms with van der Waals surface area (Å²) in [5.41, 5.74) is 11.4. The molecule has 7 N–H and O–H groups in total. The number of aliphatic hydroxyl groups is 3. The Labute approximate surface area is 137 Å². The fraction of sp³-hybridized carbons (Fsp3) is 0.417. The first-order valence-corrected chi connectivity index (χ1v) is 7.39. The van der Waals surface area contributed by atoms with E-state index in [0.29, 0.717) is 0 Å². The van der Waals surface area contributed by atoms with E-state index in [1.165, 1.54) is 10.9 Å². The van der Waals surface area contributed by atoms with Crippen LogP contribution >= 0.6 is 15.9 Å². The Balaban J connectivity index is 2.24. The van der Waals surface area contributed by atoms with Gasteiger partial charge in [-0.3, -0.25) is 9.36 Å². The number of fused-ring (bicyclic) bond motifs is 1. The smallest absolute Gasteiger partial charge is 0.252 e. The van der Waals surface area contributed by atoms with Crippen LogP contribution in [-0.2, 0) is 4.74 Å². The van der Waals surface area contributed by atoms with Gasteiger partial charge in [0, 0.05) is 0 Å². The molecule has 0 radical (unpaired) electrons. The van der Waals surface area contributed by atoms with Crippen molar-refractivity contribution < 1.29 is 24.9 Å². The molecule has 1 amide bonds. The van der Waals surface area contributed by atoms with E-state index in [-0.39, 0.29) is 33.6 Å². The zero-order chi connectivity index (χ0) is 16.9. The lowest BCUT2D eigenvalue weighted by Gasteiger charge is -2.36. The monoisotopic (exact) mass is 387 g/mol. The van der Waals surface area contributed by atoms with Gasteiger partial charge >= 0.3 is 0 Å². The maximum Gasteiger partial charge on any atom is 0.252 e. The second kappa shape index (κ2) is 5.69. The number of ether oxygens (including phenoxy) is 1. The van der Waals surface area contributed by atoms with Crippen LogP contribution in [0.25, 0.3) is 11.0 Å². The molecular formula is C12H14BrN5O5. The molecule has 2 aromatic rings. The number of aromatic nitrogens is 3. The molecule has 1 fully saturated rings. The summed E-state index contributed by atoms with van der Waals surface area (Å²) in [6, 6.07) is 0. The number of primary amides is 1. The molecule has 0 bridgehead atoms. The summed E-state index contributed by atoms with van der Waals surface area (Å²) in [5, 5.41) is 29.8. The highest BCUT2D eigenvalue weighted by molar-refractivity contribution is 9.10. The quantitative estimate of drug-likeness (QED) is 0.413. The molecule has 23 heavy (non-hydrogen) atoms. The number of hydrogen-bond acceptors (Lipinski definition) is 8. The average molecular weight is 388 g/mol. The minimum Gasteiger partial charge on any atom is -0.388 e. The van der Waals surface area contributed by atoms with Gasteiger partial charge in [-0.2, -0.15) is 0 Å². The highest BCUT2D eigenvalue weighted by Gasteiger charge is 2.41. The van der Waals surface area contributed by atoms with Crippen molar-refractivity contribution in [2.75, 3.05) is 12.3 Å². The van der Waals surface area contributed by atoms with Gasteiger partial charge < -0.3 is 31.5 Å². The summed E-state index contributed by atoms with van der Waals surface area (Å²) < 4.78 is 6.92. The van der Waals surface area contributed by atoms with Gasteiger partial charge in [0.25, 0.3) is 5.91 Å². The lowest BCUT2D eigenvalue weighted by molar-refractivity contribution is -0.210. The summed E-state index contributed by atoms with van der Waals surface area (Å²) in [4.78, 5) is 19.6. The lowest BCUT2D eigenvalue weighted by atomic mass is 10.0. The number of amides is 1. The molecule has 0 aromatic carbocycles. The number of rotatable bonds is 2. The summed E-state index contributed by atoms with van der Waals surface area (Å²) in [7, 11) is 0. The molecule has 3 rings (SSSR count). The van der Waals surface area contributed by atoms with Crippen LogP contribution in [0, 0.1) is 0 Å². The van der Waals surface area contributed by atoms with Crippen LogP contribution in [0.15, 0.2) is 10.9 Å². The van der Waals surface area contributed by atoms with Crippen LogP contribution in [-0.4, -0.2) is 60.7 Å². The first-order chi connectivity index (χ1) is 10.8. The maximum absolute atomic E-state index is 11.8. The van der Waals surface area contributed by atoms with Gasteiger partial charge in [-0.1, -0.05) is 0 Å². The van der Waals surface area contributed by atoms with E-state index in [9.17, 15) is 20.1 Å². The SMILES string of the molecule is NC(=O)c1c(Br)n([C@H]2OC[C@H](O)[C@@H](O)[C@@H]2O)c2ncnc(N)c12. The molecule has 124 valence electrons. The van der Waals surface area contributed by atoms with Gasteiger partial charge in [0.1, 0.15) is 40.7 Å². The zero-order valence-corrected chi connectivity index (χ0v) is 13.2. The predicted octanol–water partition coefficient (Wildman–Crippen LogP) is -1.51. The van der Waals surface area contributed by atoms with Crippen LogP contribution in [0.3, 0.4) is 0 Å². The number of aliphatic hydroxyl groups excluding tert-OH is 3. The molecule has 3 heterocycles. The van der Waals surface area contributed by atoms with E-state index in [4.69, 9.17) is 16.2 Å². The Morgan fingerprint density at radius 3 is 2.70 bits per heavy atom. The van der Waals surface area contributed by atoms with Gasteiger partial charge in [0.15, 0.2) is 6.23 Å². The molecule has 1 saturated heterocycles. The number of hydrogen-bond donors (Lipinski definition) is 5. The van der Waals surface area contributed by atoms with Crippen LogP contribution in [0.1, 0.15) is 16.6 Å². The number of nitrogen functional groups attached to an aromatic ring is 1. The van der Waals surface area contributed by atoms with Crippen LogP contribution in [0.2, 0.25) is 0 Å². The van der Waals surface area contributed by atoms with Gasteiger partial charge in [0.05, 0.1) is 17.6 Å². The summed E-state index contributed by atoms with van der Waals surface area (Å²) >= 11 is 3.23. The molecular weight excluding hydrogens is 374 g/mol. The largest absolute Gasteiger partial charge is 0.388 e. The molecule has 0 unspecified atom stereocenters. The van der Waals surface area contributed by atoms with Crippen molar-refractivity contribution in [3.8, 4) is 0 Å². The van der Waals surface area contributed by atoms with Crippen molar-refractivity contribution in [1.82, 2.24) is 14.5 Å². The Hall–Kier alpha value is -1.79. The van der Waals surface area contributed by atoms with E-state index in [2.05, 4.69) is 25.9 Å². The Kier molecular flexibility index (Phi) is 3.98. The fourth-order valence-electron chi connectivity index (χ4n) is 2.60. The third-order valence-corrected chi connectivity index (χ3v) is 4.51. The van der Waals surface area contributed by atoms with Gasteiger partial charge in [-0.05, 0) is 15.9 Å². The van der Waals surface area contributed by atoms with E-state index < -0.39 is 30.4 Å². The summed E-state index contributed by atoms with van der Waals surface area (Å²) in [6.45, 7) is -0.207. The van der Waals surface area contributed by atoms with Crippen molar-refractivity contribution in [2.24, 2.45) is 5.73 Å². The lowest BCUT2D eigenvalue weighted by Crippen LogP contribution is -2.50. The van der Waals surface area contributed by atoms with E-state index in [1.807, 2.05) is 0 Å². The minimum absolute atomic E-state index is 0.0362. The predicted molar refractivity (Wildman–Crippen MR) is 81.2 cm³/mol. The second-order valence-electron chi connectivity index (χ2n) is 5.13. The van der Waals surface area contributed by atoms with Gasteiger partial charge in [-0.25, -0.2) is 9.97 Å². The number of halogens is 1. The second-order valence-corrected chi connectivity index (χ2v) is 5.88. The topological polar surface area (TPSA) is 170 Å². The fourth-order valence-corrected chi connectivity index (χ4v) is 3.37. The Morgan fingerprint density at radius 2 is 2.04 bits per heavy atom. The number of nitrogens with two attached hydrogens (primary N) is 2. The molecule has 2 aromatic heterocycles. The van der Waals surface area contributed by atoms with Crippen molar-refractivity contribution in [3.63, 3.8) is 0 Å². The first-order valence-electron chi connectivity index (χ1n) is 6.60. The molecule has 1 aliphatic heterocycles. The molecule has 11 heteroatoms. The van der Waals surface area contributed by atoms with Crippen LogP contribution < -0.4 is 11.5 Å². The zero-order valence-electron chi connectivity index (χ0n) is 11.6. The Bertz CT molecular complexity index is 781. The van der Waals surface area contributed by atoms with Gasteiger partial charge in [0.2, 0.25) is 0 Å². The van der Waals surface area contributed by atoms with E-state index in [0.717, 1.165) is 0 Å². The van der Waals surface area contributed by atoms with Crippen LogP contribution in [0.4, 0.5) is 5.82 Å². The van der Waals surface area contributed by atoms with Crippen molar-refractivity contribution in [1.29, 1.82) is 0 Å². The van der Waals surface area contributed by atoms with Crippen molar-refractivity contribution >= 4 is 38.7 Å². The highest BCUT2D eigenvalue weighted by atomic mass is 79.9. The summed E-state index contributed by atoms with van der Waals surface area (Å²) in [6.07, 6.45) is -4.02. The molecule has 0 spiro atoms. The Morgan fingerprint density at radius 1 is 1.35 bits per heavy atom. The number of nitrogens with zero attached hydrogens (tertiary/aromatic N) is 3. The average Bonchev–Trinajstić information content (AvgIpc) is 2.79. The number of carbonyl (C=O) groups excluding carboxylic acids is 1. The van der Waals surface area contributed by atoms with Crippen molar-refractivity contribution in [2.45, 2.75) is 24.5 Å². The molecule has 0 saturated carbocycles. The number of carbonyl (C=O) groups is 1. The highest BCUT2D eigenvalue weighted by Crippen LogP contribution is 2.37. The summed E-state index contributed by atoms with van der Waals surface area (Å²) in [5.74, 6) is -0.734. The van der Waals surface area contributed by atoms with E-state index >= 15 is 0 Å². The van der Waals surface area contributed by atoms with E-state index in [1.54, 1.807) is 0 Å². The number of anilines is 1. The molecule has 10 nitrogen and oxygen atoms in total. The normalized spacial score (nSPS) is 28.2. The molecule has 1 aliphatic rings. The first kappa shape index (κ1) is 16.1.